The lowest BCUT2D eigenvalue weighted by Gasteiger charge is -2.07. The van der Waals surface area contributed by atoms with Crippen LogP contribution in [0.4, 0.5) is 0 Å². The zero-order valence-electron chi connectivity index (χ0n) is 10.4. The quantitative estimate of drug-likeness (QED) is 0.469. The summed E-state index contributed by atoms with van der Waals surface area (Å²) in [4.78, 5) is 5.70. The number of para-hydroxylation sites is 1. The highest BCUT2D eigenvalue weighted by Crippen LogP contribution is 2.30. The van der Waals surface area contributed by atoms with Gasteiger partial charge in [0.25, 0.3) is 0 Å². The molecule has 0 saturated carbocycles. The van der Waals surface area contributed by atoms with Crippen molar-refractivity contribution in [2.24, 2.45) is 0 Å². The fourth-order valence-electron chi connectivity index (χ4n) is 2.07. The fourth-order valence-corrected chi connectivity index (χ4v) is 2.73. The number of thioether (sulfide) groups is 1. The molecular formula is C16H12ClNS. The molecule has 0 aliphatic carbocycles. The number of rotatable bonds is 2. The van der Waals surface area contributed by atoms with Gasteiger partial charge in [0.1, 0.15) is 5.15 Å². The maximum Gasteiger partial charge on any atom is 0.137 e. The minimum Gasteiger partial charge on any atom is -0.235 e. The summed E-state index contributed by atoms with van der Waals surface area (Å²) in [6, 6.07) is 18.5. The minimum absolute atomic E-state index is 0.551. The van der Waals surface area contributed by atoms with Crippen molar-refractivity contribution >= 4 is 34.3 Å². The van der Waals surface area contributed by atoms with E-state index in [1.54, 1.807) is 11.8 Å². The van der Waals surface area contributed by atoms with E-state index in [0.29, 0.717) is 5.15 Å². The standard InChI is InChI=1S/C16H12ClNS/c1-19-13-8-6-11(7-9-13)14-10-12-4-2-3-5-15(12)18-16(14)17/h2-10H,1H3. The predicted molar refractivity (Wildman–Crippen MR) is 84.0 cm³/mol. The molecule has 0 bridgehead atoms. The van der Waals surface area contributed by atoms with Gasteiger partial charge in [0.2, 0.25) is 0 Å². The van der Waals surface area contributed by atoms with Gasteiger partial charge in [0, 0.05) is 15.8 Å². The Balaban J connectivity index is 2.15. The molecule has 3 rings (SSSR count). The van der Waals surface area contributed by atoms with Gasteiger partial charge in [-0.25, -0.2) is 4.98 Å². The van der Waals surface area contributed by atoms with Crippen molar-refractivity contribution < 1.29 is 0 Å². The third-order valence-corrected chi connectivity index (χ3v) is 4.11. The van der Waals surface area contributed by atoms with Gasteiger partial charge in [-0.05, 0) is 36.1 Å². The number of aromatic nitrogens is 1. The lowest BCUT2D eigenvalue weighted by Crippen LogP contribution is -1.86. The van der Waals surface area contributed by atoms with Gasteiger partial charge in [-0.15, -0.1) is 11.8 Å². The van der Waals surface area contributed by atoms with E-state index >= 15 is 0 Å². The first kappa shape index (κ1) is 12.5. The molecule has 3 heteroatoms. The molecule has 1 aromatic heterocycles. The largest absolute Gasteiger partial charge is 0.235 e. The Labute approximate surface area is 121 Å². The molecule has 19 heavy (non-hydrogen) atoms. The summed E-state index contributed by atoms with van der Waals surface area (Å²) in [5.74, 6) is 0. The molecule has 0 atom stereocenters. The summed E-state index contributed by atoms with van der Waals surface area (Å²) >= 11 is 8.03. The summed E-state index contributed by atoms with van der Waals surface area (Å²) in [6.07, 6.45) is 2.07. The van der Waals surface area contributed by atoms with Crippen molar-refractivity contribution in [3.63, 3.8) is 0 Å². The Morgan fingerprint density at radius 2 is 1.74 bits per heavy atom. The average Bonchev–Trinajstić information content (AvgIpc) is 2.47. The maximum atomic E-state index is 6.30. The highest BCUT2D eigenvalue weighted by molar-refractivity contribution is 7.98. The van der Waals surface area contributed by atoms with Crippen LogP contribution in [0.5, 0.6) is 0 Å². The van der Waals surface area contributed by atoms with Crippen LogP contribution in [0.1, 0.15) is 0 Å². The molecule has 1 nitrogen and oxygen atoms in total. The van der Waals surface area contributed by atoms with E-state index in [4.69, 9.17) is 11.6 Å². The smallest absolute Gasteiger partial charge is 0.137 e. The van der Waals surface area contributed by atoms with Crippen LogP contribution in [-0.2, 0) is 0 Å². The van der Waals surface area contributed by atoms with Crippen molar-refractivity contribution in [3.8, 4) is 11.1 Å². The molecule has 3 aromatic rings. The molecule has 0 aliphatic heterocycles. The maximum absolute atomic E-state index is 6.30. The second kappa shape index (κ2) is 5.24. The molecule has 1 heterocycles. The first-order valence-electron chi connectivity index (χ1n) is 5.97. The molecule has 0 saturated heterocycles. The Hall–Kier alpha value is -1.51. The Kier molecular flexibility index (Phi) is 3.45. The van der Waals surface area contributed by atoms with Crippen LogP contribution in [0.25, 0.3) is 22.0 Å². The third-order valence-electron chi connectivity index (χ3n) is 3.08. The molecule has 0 amide bonds. The Bertz CT molecular complexity index is 722. The van der Waals surface area contributed by atoms with Crippen LogP contribution < -0.4 is 0 Å². The van der Waals surface area contributed by atoms with Crippen LogP contribution in [0.15, 0.2) is 59.5 Å². The van der Waals surface area contributed by atoms with Crippen LogP contribution in [0.2, 0.25) is 5.15 Å². The van der Waals surface area contributed by atoms with Gasteiger partial charge in [-0.1, -0.05) is 41.9 Å². The summed E-state index contributed by atoms with van der Waals surface area (Å²) in [5.41, 5.74) is 3.01. The summed E-state index contributed by atoms with van der Waals surface area (Å²) in [6.45, 7) is 0. The van der Waals surface area contributed by atoms with Crippen LogP contribution in [-0.4, -0.2) is 11.2 Å². The van der Waals surface area contributed by atoms with Crippen molar-refractivity contribution in [2.45, 2.75) is 4.90 Å². The van der Waals surface area contributed by atoms with E-state index in [2.05, 4.69) is 47.6 Å². The van der Waals surface area contributed by atoms with Gasteiger partial charge < -0.3 is 0 Å². The summed E-state index contributed by atoms with van der Waals surface area (Å²) in [7, 11) is 0. The highest BCUT2D eigenvalue weighted by Gasteiger charge is 2.07. The molecular weight excluding hydrogens is 274 g/mol. The van der Waals surface area contributed by atoms with Crippen molar-refractivity contribution in [2.75, 3.05) is 6.26 Å². The summed E-state index contributed by atoms with van der Waals surface area (Å²) < 4.78 is 0. The van der Waals surface area contributed by atoms with E-state index in [1.807, 2.05) is 18.2 Å². The monoisotopic (exact) mass is 285 g/mol. The van der Waals surface area contributed by atoms with E-state index in [1.165, 1.54) is 4.90 Å². The lowest BCUT2D eigenvalue weighted by molar-refractivity contribution is 1.39. The van der Waals surface area contributed by atoms with Gasteiger partial charge in [0.15, 0.2) is 0 Å². The number of hydrogen-bond acceptors (Lipinski definition) is 2. The molecule has 0 spiro atoms. The highest BCUT2D eigenvalue weighted by atomic mass is 35.5. The van der Waals surface area contributed by atoms with Crippen molar-refractivity contribution in [1.82, 2.24) is 4.98 Å². The molecule has 94 valence electrons. The van der Waals surface area contributed by atoms with Gasteiger partial charge >= 0.3 is 0 Å². The zero-order valence-corrected chi connectivity index (χ0v) is 12.0. The minimum atomic E-state index is 0.551. The molecule has 0 fully saturated rings. The van der Waals surface area contributed by atoms with Crippen LogP contribution in [0.3, 0.4) is 0 Å². The van der Waals surface area contributed by atoms with Crippen LogP contribution in [0, 0.1) is 0 Å². The zero-order chi connectivity index (χ0) is 13.2. The van der Waals surface area contributed by atoms with Crippen molar-refractivity contribution in [1.29, 1.82) is 0 Å². The summed E-state index contributed by atoms with van der Waals surface area (Å²) in [5, 5.41) is 1.66. The third kappa shape index (κ3) is 2.46. The lowest BCUT2D eigenvalue weighted by atomic mass is 10.1. The number of halogens is 1. The van der Waals surface area contributed by atoms with Gasteiger partial charge in [-0.2, -0.15) is 0 Å². The normalized spacial score (nSPS) is 10.8. The number of nitrogens with zero attached hydrogens (tertiary/aromatic N) is 1. The van der Waals surface area contributed by atoms with E-state index in [9.17, 15) is 0 Å². The number of benzene rings is 2. The second-order valence-corrected chi connectivity index (χ2v) is 5.49. The molecule has 0 radical (unpaired) electrons. The molecule has 0 unspecified atom stereocenters. The Morgan fingerprint density at radius 3 is 2.47 bits per heavy atom. The van der Waals surface area contributed by atoms with Crippen LogP contribution >= 0.6 is 23.4 Å². The van der Waals surface area contributed by atoms with Crippen molar-refractivity contribution in [3.05, 3.63) is 59.8 Å². The first-order valence-corrected chi connectivity index (χ1v) is 7.58. The van der Waals surface area contributed by atoms with Gasteiger partial charge in [0.05, 0.1) is 5.52 Å². The number of hydrogen-bond donors (Lipinski definition) is 0. The van der Waals surface area contributed by atoms with E-state index < -0.39 is 0 Å². The first-order chi connectivity index (χ1) is 9.28. The van der Waals surface area contributed by atoms with E-state index in [-0.39, 0.29) is 0 Å². The predicted octanol–water partition coefficient (Wildman–Crippen LogP) is 5.28. The topological polar surface area (TPSA) is 12.9 Å². The van der Waals surface area contributed by atoms with Gasteiger partial charge in [-0.3, -0.25) is 0 Å². The average molecular weight is 286 g/mol. The SMILES string of the molecule is CSc1ccc(-c2cc3ccccc3nc2Cl)cc1. The number of fused-ring (bicyclic) bond motifs is 1. The fraction of sp³-hybridized carbons (Fsp3) is 0.0625. The molecule has 0 aliphatic rings. The number of pyridine rings is 1. The Morgan fingerprint density at radius 1 is 1.00 bits per heavy atom. The van der Waals surface area contributed by atoms with E-state index in [0.717, 1.165) is 22.0 Å². The second-order valence-electron chi connectivity index (χ2n) is 4.25. The molecule has 2 aromatic carbocycles. The molecule has 0 N–H and O–H groups in total.